The second-order valence-electron chi connectivity index (χ2n) is 4.26. The number of hydrogen-bond donors (Lipinski definition) is 0. The third-order valence-electron chi connectivity index (χ3n) is 2.84. The first-order valence-corrected chi connectivity index (χ1v) is 5.83. The zero-order valence-electron chi connectivity index (χ0n) is 10.0. The van der Waals surface area contributed by atoms with Crippen LogP contribution in [-0.4, -0.2) is 23.7 Å². The summed E-state index contributed by atoms with van der Waals surface area (Å²) in [5, 5.41) is 0. The fourth-order valence-corrected chi connectivity index (χ4v) is 1.89. The van der Waals surface area contributed by atoms with Crippen LogP contribution in [0, 0.1) is 5.92 Å². The Morgan fingerprint density at radius 1 is 1.61 bits per heavy atom. The van der Waals surface area contributed by atoms with Gasteiger partial charge in [0.2, 0.25) is 0 Å². The number of rotatable bonds is 3. The molecule has 1 atom stereocenters. The van der Waals surface area contributed by atoms with E-state index in [9.17, 15) is 9.18 Å². The molecule has 2 heterocycles. The van der Waals surface area contributed by atoms with Gasteiger partial charge in [-0.3, -0.25) is 4.79 Å². The van der Waals surface area contributed by atoms with Crippen LogP contribution in [0.25, 0.3) is 0 Å². The second kappa shape index (κ2) is 5.73. The Balaban J connectivity index is 2.24. The van der Waals surface area contributed by atoms with Gasteiger partial charge in [-0.2, -0.15) is 4.99 Å². The molecule has 5 heteroatoms. The number of hydrogen-bond acceptors (Lipinski definition) is 2. The maximum atomic E-state index is 12.7. The van der Waals surface area contributed by atoms with E-state index in [1.165, 1.54) is 0 Å². The lowest BCUT2D eigenvalue weighted by Crippen LogP contribution is -2.25. The van der Waals surface area contributed by atoms with Gasteiger partial charge in [-0.1, -0.05) is 12.6 Å². The van der Waals surface area contributed by atoms with Crippen LogP contribution < -0.4 is 5.49 Å². The smallest absolute Gasteiger partial charge is 0.307 e. The number of carbonyl (C=O) groups excluding carboxylic acids is 1. The van der Waals surface area contributed by atoms with Crippen molar-refractivity contribution in [1.29, 1.82) is 0 Å². The first-order valence-electron chi connectivity index (χ1n) is 5.83. The minimum atomic E-state index is -1.05. The van der Waals surface area contributed by atoms with Gasteiger partial charge in [-0.15, -0.1) is 0 Å². The van der Waals surface area contributed by atoms with Gasteiger partial charge in [-0.05, 0) is 18.6 Å². The minimum Gasteiger partial charge on any atom is -0.381 e. The van der Waals surface area contributed by atoms with E-state index < -0.39 is 11.7 Å². The van der Waals surface area contributed by atoms with Gasteiger partial charge < -0.3 is 9.30 Å². The summed E-state index contributed by atoms with van der Waals surface area (Å²) in [4.78, 5) is 14.9. The lowest BCUT2D eigenvalue weighted by molar-refractivity contribution is -0.116. The van der Waals surface area contributed by atoms with E-state index in [0.29, 0.717) is 24.6 Å². The van der Waals surface area contributed by atoms with Crippen molar-refractivity contribution in [2.24, 2.45) is 10.9 Å². The molecule has 18 heavy (non-hydrogen) atoms. The summed E-state index contributed by atoms with van der Waals surface area (Å²) in [6.07, 6.45) is 2.82. The predicted octanol–water partition coefficient (Wildman–Crippen LogP) is 1.44. The maximum absolute atomic E-state index is 12.7. The standard InChI is InChI=1S/C13H15FN2O2/c1-10(14)13(17)15-12-4-2-3-6-16(12)8-11-5-7-18-9-11/h2-4,6,11H,1,5,7-9H2. The zero-order chi connectivity index (χ0) is 13.0. The third-order valence-corrected chi connectivity index (χ3v) is 2.84. The van der Waals surface area contributed by atoms with E-state index in [-0.39, 0.29) is 0 Å². The molecule has 0 aromatic carbocycles. The second-order valence-corrected chi connectivity index (χ2v) is 4.26. The number of aromatic nitrogens is 1. The monoisotopic (exact) mass is 250 g/mol. The molecule has 1 aromatic rings. The quantitative estimate of drug-likeness (QED) is 0.762. The van der Waals surface area contributed by atoms with Gasteiger partial charge in [0, 0.05) is 25.3 Å². The van der Waals surface area contributed by atoms with Crippen molar-refractivity contribution in [1.82, 2.24) is 4.57 Å². The van der Waals surface area contributed by atoms with E-state index in [0.717, 1.165) is 13.0 Å². The van der Waals surface area contributed by atoms with Crippen LogP contribution in [0.3, 0.4) is 0 Å². The van der Waals surface area contributed by atoms with Crippen LogP contribution in [0.5, 0.6) is 0 Å². The number of halogens is 1. The number of nitrogens with zero attached hydrogens (tertiary/aromatic N) is 2. The maximum Gasteiger partial charge on any atom is 0.307 e. The first-order chi connectivity index (χ1) is 8.66. The number of ether oxygens (including phenoxy) is 1. The molecule has 0 saturated carbocycles. The van der Waals surface area contributed by atoms with Gasteiger partial charge in [0.1, 0.15) is 5.49 Å². The SMILES string of the molecule is C=C(F)C(=O)N=c1ccccn1CC1CCOC1. The van der Waals surface area contributed by atoms with Crippen molar-refractivity contribution < 1.29 is 13.9 Å². The summed E-state index contributed by atoms with van der Waals surface area (Å²) in [5.74, 6) is -1.57. The molecule has 0 aliphatic carbocycles. The average molecular weight is 250 g/mol. The van der Waals surface area contributed by atoms with Crippen LogP contribution in [0.15, 0.2) is 41.8 Å². The van der Waals surface area contributed by atoms with Crippen molar-refractivity contribution in [2.75, 3.05) is 13.2 Å². The molecule has 96 valence electrons. The molecule has 1 aliphatic heterocycles. The zero-order valence-corrected chi connectivity index (χ0v) is 10.0. The highest BCUT2D eigenvalue weighted by atomic mass is 19.1. The lowest BCUT2D eigenvalue weighted by Gasteiger charge is -2.11. The van der Waals surface area contributed by atoms with Crippen molar-refractivity contribution in [2.45, 2.75) is 13.0 Å². The van der Waals surface area contributed by atoms with Crippen molar-refractivity contribution >= 4 is 5.91 Å². The van der Waals surface area contributed by atoms with Crippen molar-refractivity contribution in [3.05, 3.63) is 42.3 Å². The molecule has 1 aromatic heterocycles. The Bertz CT molecular complexity index is 516. The average Bonchev–Trinajstić information content (AvgIpc) is 2.84. The van der Waals surface area contributed by atoms with Crippen LogP contribution in [0.1, 0.15) is 6.42 Å². The molecule has 1 fully saturated rings. The molecule has 1 aliphatic rings. The molecule has 1 saturated heterocycles. The molecule has 2 rings (SSSR count). The fraction of sp³-hybridized carbons (Fsp3) is 0.385. The number of amides is 1. The van der Waals surface area contributed by atoms with E-state index in [1.807, 2.05) is 16.8 Å². The van der Waals surface area contributed by atoms with E-state index in [2.05, 4.69) is 11.6 Å². The molecule has 1 amide bonds. The largest absolute Gasteiger partial charge is 0.381 e. The van der Waals surface area contributed by atoms with E-state index in [4.69, 9.17) is 4.74 Å². The number of pyridine rings is 1. The predicted molar refractivity (Wildman–Crippen MR) is 64.2 cm³/mol. The van der Waals surface area contributed by atoms with Crippen LogP contribution >= 0.6 is 0 Å². The van der Waals surface area contributed by atoms with Gasteiger partial charge in [-0.25, -0.2) is 4.39 Å². The molecule has 0 radical (unpaired) electrons. The molecule has 0 bridgehead atoms. The summed E-state index contributed by atoms with van der Waals surface area (Å²) >= 11 is 0. The molecule has 1 unspecified atom stereocenters. The lowest BCUT2D eigenvalue weighted by atomic mass is 10.1. The van der Waals surface area contributed by atoms with Gasteiger partial charge in [0.25, 0.3) is 0 Å². The molecular weight excluding hydrogens is 235 g/mol. The molecule has 0 spiro atoms. The summed E-state index contributed by atoms with van der Waals surface area (Å²) in [5.41, 5.74) is 0.438. The Morgan fingerprint density at radius 3 is 3.11 bits per heavy atom. The normalized spacial score (nSPS) is 20.1. The highest BCUT2D eigenvalue weighted by molar-refractivity contribution is 5.91. The van der Waals surface area contributed by atoms with Gasteiger partial charge in [0.05, 0.1) is 6.61 Å². The molecule has 0 N–H and O–H groups in total. The summed E-state index contributed by atoms with van der Waals surface area (Å²) in [6.45, 7) is 5.14. The summed E-state index contributed by atoms with van der Waals surface area (Å²) < 4.78 is 19.8. The minimum absolute atomic E-state index is 0.412. The summed E-state index contributed by atoms with van der Waals surface area (Å²) in [6, 6.07) is 5.29. The highest BCUT2D eigenvalue weighted by Crippen LogP contribution is 2.13. The van der Waals surface area contributed by atoms with Crippen molar-refractivity contribution in [3.8, 4) is 0 Å². The summed E-state index contributed by atoms with van der Waals surface area (Å²) in [7, 11) is 0. The topological polar surface area (TPSA) is 43.6 Å². The van der Waals surface area contributed by atoms with Gasteiger partial charge >= 0.3 is 5.91 Å². The highest BCUT2D eigenvalue weighted by Gasteiger charge is 2.16. The molecular formula is C13H15FN2O2. The van der Waals surface area contributed by atoms with Crippen LogP contribution in [0.2, 0.25) is 0 Å². The van der Waals surface area contributed by atoms with Gasteiger partial charge in [0.15, 0.2) is 5.83 Å². The fourth-order valence-electron chi connectivity index (χ4n) is 1.89. The first kappa shape index (κ1) is 12.7. The van der Waals surface area contributed by atoms with E-state index in [1.54, 1.807) is 12.1 Å². The Labute approximate surface area is 104 Å². The Kier molecular flexibility index (Phi) is 4.04. The number of carbonyl (C=O) groups is 1. The van der Waals surface area contributed by atoms with E-state index >= 15 is 0 Å². The van der Waals surface area contributed by atoms with Crippen molar-refractivity contribution in [3.63, 3.8) is 0 Å². The Hall–Kier alpha value is -1.75. The molecule has 4 nitrogen and oxygen atoms in total. The van der Waals surface area contributed by atoms with Crippen LogP contribution in [-0.2, 0) is 16.1 Å². The van der Waals surface area contributed by atoms with Crippen LogP contribution in [0.4, 0.5) is 4.39 Å². The Morgan fingerprint density at radius 2 is 2.44 bits per heavy atom. The third kappa shape index (κ3) is 3.13.